The van der Waals surface area contributed by atoms with E-state index in [0.717, 1.165) is 5.69 Å². The third-order valence-electron chi connectivity index (χ3n) is 2.20. The topological polar surface area (TPSA) is 72.2 Å². The van der Waals surface area contributed by atoms with Crippen molar-refractivity contribution >= 4 is 11.8 Å². The lowest BCUT2D eigenvalue weighted by molar-refractivity contribution is -0.148. The number of rotatable bonds is 3. The minimum atomic E-state index is -1.40. The SMILES string of the molecule is Cn1cc(CC(=O)C(=O)O)c(C(C)(C)C)n1. The molecular formula is C11H16N2O3. The summed E-state index contributed by atoms with van der Waals surface area (Å²) in [6.07, 6.45) is 1.59. The third kappa shape index (κ3) is 2.68. The molecule has 0 unspecified atom stereocenters. The molecule has 1 N–H and O–H groups in total. The average molecular weight is 224 g/mol. The molecule has 16 heavy (non-hydrogen) atoms. The molecule has 0 aliphatic heterocycles. The molecule has 0 bridgehead atoms. The molecule has 1 aromatic rings. The van der Waals surface area contributed by atoms with Crippen LogP contribution in [-0.4, -0.2) is 26.6 Å². The normalized spacial score (nSPS) is 11.5. The molecule has 88 valence electrons. The van der Waals surface area contributed by atoms with Gasteiger partial charge in [0.15, 0.2) is 0 Å². The van der Waals surface area contributed by atoms with E-state index >= 15 is 0 Å². The van der Waals surface area contributed by atoms with Gasteiger partial charge in [0.2, 0.25) is 5.78 Å². The summed E-state index contributed by atoms with van der Waals surface area (Å²) in [6.45, 7) is 5.93. The zero-order chi connectivity index (χ0) is 12.5. The van der Waals surface area contributed by atoms with Crippen molar-refractivity contribution in [3.05, 3.63) is 17.5 Å². The van der Waals surface area contributed by atoms with E-state index in [0.29, 0.717) is 5.56 Å². The second kappa shape index (κ2) is 4.08. The molecule has 0 saturated carbocycles. The number of nitrogens with zero attached hydrogens (tertiary/aromatic N) is 2. The summed E-state index contributed by atoms with van der Waals surface area (Å²) in [6, 6.07) is 0. The number of carbonyl (C=O) groups excluding carboxylic acids is 1. The lowest BCUT2D eigenvalue weighted by Gasteiger charge is -2.16. The molecule has 1 rings (SSSR count). The Balaban J connectivity index is 3.05. The summed E-state index contributed by atoms with van der Waals surface area (Å²) in [4.78, 5) is 21.7. The van der Waals surface area contributed by atoms with Crippen LogP contribution in [0.25, 0.3) is 0 Å². The minimum absolute atomic E-state index is 0.101. The van der Waals surface area contributed by atoms with Crippen molar-refractivity contribution in [1.82, 2.24) is 9.78 Å². The van der Waals surface area contributed by atoms with Crippen molar-refractivity contribution in [2.45, 2.75) is 32.6 Å². The van der Waals surface area contributed by atoms with Crippen LogP contribution in [0.5, 0.6) is 0 Å². The van der Waals surface area contributed by atoms with Crippen LogP contribution < -0.4 is 0 Å². The fourth-order valence-electron chi connectivity index (χ4n) is 1.55. The van der Waals surface area contributed by atoms with Crippen molar-refractivity contribution in [1.29, 1.82) is 0 Å². The van der Waals surface area contributed by atoms with E-state index < -0.39 is 11.8 Å². The predicted molar refractivity (Wildman–Crippen MR) is 58.3 cm³/mol. The van der Waals surface area contributed by atoms with Gasteiger partial charge in [0, 0.05) is 30.6 Å². The first kappa shape index (κ1) is 12.4. The second-order valence-electron chi connectivity index (χ2n) is 4.83. The van der Waals surface area contributed by atoms with Gasteiger partial charge >= 0.3 is 5.97 Å². The minimum Gasteiger partial charge on any atom is -0.475 e. The van der Waals surface area contributed by atoms with Crippen LogP contribution in [0.2, 0.25) is 0 Å². The highest BCUT2D eigenvalue weighted by Gasteiger charge is 2.24. The van der Waals surface area contributed by atoms with E-state index in [2.05, 4.69) is 5.10 Å². The maximum Gasteiger partial charge on any atom is 0.372 e. The number of ketones is 1. The summed E-state index contributed by atoms with van der Waals surface area (Å²) in [7, 11) is 1.75. The number of hydrogen-bond donors (Lipinski definition) is 1. The number of carbonyl (C=O) groups is 2. The molecule has 0 aliphatic rings. The maximum absolute atomic E-state index is 11.2. The van der Waals surface area contributed by atoms with E-state index in [1.165, 1.54) is 0 Å². The molecule has 0 spiro atoms. The van der Waals surface area contributed by atoms with Gasteiger partial charge in [-0.2, -0.15) is 5.10 Å². The summed E-state index contributed by atoms with van der Waals surface area (Å²) in [5, 5.41) is 12.8. The molecule has 5 nitrogen and oxygen atoms in total. The van der Waals surface area contributed by atoms with Gasteiger partial charge in [-0.15, -0.1) is 0 Å². The summed E-state index contributed by atoms with van der Waals surface area (Å²) in [5.41, 5.74) is 1.25. The molecule has 0 saturated heterocycles. The molecule has 1 heterocycles. The molecular weight excluding hydrogens is 208 g/mol. The van der Waals surface area contributed by atoms with Crippen molar-refractivity contribution in [2.24, 2.45) is 7.05 Å². The van der Waals surface area contributed by atoms with Gasteiger partial charge < -0.3 is 5.11 Å². The van der Waals surface area contributed by atoms with Crippen LogP contribution in [0.1, 0.15) is 32.0 Å². The second-order valence-corrected chi connectivity index (χ2v) is 4.83. The highest BCUT2D eigenvalue weighted by atomic mass is 16.4. The largest absolute Gasteiger partial charge is 0.475 e. The smallest absolute Gasteiger partial charge is 0.372 e. The zero-order valence-corrected chi connectivity index (χ0v) is 9.94. The maximum atomic E-state index is 11.2. The fourth-order valence-corrected chi connectivity index (χ4v) is 1.55. The van der Waals surface area contributed by atoms with E-state index in [9.17, 15) is 9.59 Å². The molecule has 0 amide bonds. The number of aromatic nitrogens is 2. The highest BCUT2D eigenvalue weighted by Crippen LogP contribution is 2.24. The number of Topliss-reactive ketones (excluding diaryl/α,β-unsaturated/α-hetero) is 1. The number of aryl methyl sites for hydroxylation is 1. The molecule has 0 aliphatic carbocycles. The van der Waals surface area contributed by atoms with Gasteiger partial charge in [-0.3, -0.25) is 9.48 Å². The first-order chi connectivity index (χ1) is 7.21. The molecule has 0 radical (unpaired) electrons. The standard InChI is InChI=1S/C11H16N2O3/c1-11(2,3)9-7(6-13(4)12-9)5-8(14)10(15)16/h6H,5H2,1-4H3,(H,15,16). The lowest BCUT2D eigenvalue weighted by atomic mass is 9.88. The Morgan fingerprint density at radius 2 is 2.00 bits per heavy atom. The van der Waals surface area contributed by atoms with Gasteiger partial charge in [0.1, 0.15) is 0 Å². The van der Waals surface area contributed by atoms with Crippen molar-refractivity contribution in [3.63, 3.8) is 0 Å². The number of carboxylic acid groups (broad SMARTS) is 1. The predicted octanol–water partition coefficient (Wildman–Crippen LogP) is 0.914. The number of hydrogen-bond acceptors (Lipinski definition) is 3. The quantitative estimate of drug-likeness (QED) is 0.775. The number of carboxylic acids is 1. The molecule has 0 atom stereocenters. The molecule has 5 heteroatoms. The third-order valence-corrected chi connectivity index (χ3v) is 2.20. The Morgan fingerprint density at radius 3 is 2.44 bits per heavy atom. The molecule has 0 aromatic carbocycles. The van der Waals surface area contributed by atoms with Crippen LogP contribution >= 0.6 is 0 Å². The average Bonchev–Trinajstić information content (AvgIpc) is 2.45. The first-order valence-electron chi connectivity index (χ1n) is 5.01. The van der Waals surface area contributed by atoms with E-state index in [4.69, 9.17) is 5.11 Å². The zero-order valence-electron chi connectivity index (χ0n) is 9.94. The summed E-state index contributed by atoms with van der Waals surface area (Å²) < 4.78 is 1.60. The van der Waals surface area contributed by atoms with Crippen molar-refractivity contribution in [2.75, 3.05) is 0 Å². The van der Waals surface area contributed by atoms with Gasteiger partial charge in [-0.25, -0.2) is 4.79 Å². The van der Waals surface area contributed by atoms with E-state index in [1.54, 1.807) is 17.9 Å². The van der Waals surface area contributed by atoms with E-state index in [1.807, 2.05) is 20.8 Å². The van der Waals surface area contributed by atoms with Gasteiger partial charge in [-0.05, 0) is 0 Å². The lowest BCUT2D eigenvalue weighted by Crippen LogP contribution is -2.19. The van der Waals surface area contributed by atoms with Crippen LogP contribution in [-0.2, 0) is 28.5 Å². The molecule has 0 fully saturated rings. The van der Waals surface area contributed by atoms with Crippen LogP contribution in [0.15, 0.2) is 6.20 Å². The highest BCUT2D eigenvalue weighted by molar-refractivity contribution is 6.33. The monoisotopic (exact) mass is 224 g/mol. The molecule has 1 aromatic heterocycles. The summed E-state index contributed by atoms with van der Waals surface area (Å²) >= 11 is 0. The van der Waals surface area contributed by atoms with Crippen LogP contribution in [0.3, 0.4) is 0 Å². The van der Waals surface area contributed by atoms with Gasteiger partial charge in [-0.1, -0.05) is 20.8 Å². The Kier molecular flexibility index (Phi) is 3.16. The fraction of sp³-hybridized carbons (Fsp3) is 0.545. The van der Waals surface area contributed by atoms with Gasteiger partial charge in [0.05, 0.1) is 5.69 Å². The Labute approximate surface area is 94.1 Å². The first-order valence-corrected chi connectivity index (χ1v) is 5.01. The van der Waals surface area contributed by atoms with Gasteiger partial charge in [0.25, 0.3) is 0 Å². The Morgan fingerprint density at radius 1 is 1.44 bits per heavy atom. The number of aliphatic carboxylic acids is 1. The van der Waals surface area contributed by atoms with E-state index in [-0.39, 0.29) is 11.8 Å². The van der Waals surface area contributed by atoms with Crippen molar-refractivity contribution in [3.8, 4) is 0 Å². The Bertz CT molecular complexity index is 427. The van der Waals surface area contributed by atoms with Crippen molar-refractivity contribution < 1.29 is 14.7 Å². The summed E-state index contributed by atoms with van der Waals surface area (Å²) in [5.74, 6) is -2.21. The van der Waals surface area contributed by atoms with Crippen LogP contribution in [0.4, 0.5) is 0 Å². The van der Waals surface area contributed by atoms with Crippen LogP contribution in [0, 0.1) is 0 Å². The Hall–Kier alpha value is -1.65.